The molecule has 0 amide bonds. The molecule has 0 bridgehead atoms. The van der Waals surface area contributed by atoms with E-state index in [4.69, 9.17) is 0 Å². The van der Waals surface area contributed by atoms with Crippen LogP contribution in [0.2, 0.25) is 0 Å². The van der Waals surface area contributed by atoms with E-state index in [0.717, 1.165) is 16.5 Å². The molecular weight excluding hydrogens is 258 g/mol. The highest BCUT2D eigenvalue weighted by Gasteiger charge is 2.12. The van der Waals surface area contributed by atoms with Crippen molar-refractivity contribution >= 4 is 27.8 Å². The van der Waals surface area contributed by atoms with E-state index >= 15 is 0 Å². The van der Waals surface area contributed by atoms with E-state index in [0.29, 0.717) is 0 Å². The predicted molar refractivity (Wildman–Crippen MR) is 89.1 cm³/mol. The fourth-order valence-corrected chi connectivity index (χ4v) is 2.45. The fraction of sp³-hybridized carbons (Fsp3) is 0.211. The average Bonchev–Trinajstić information content (AvgIpc) is 2.52. The maximum Gasteiger partial charge on any atom is 0.0786 e. The first-order chi connectivity index (χ1) is 10.1. The number of aromatic nitrogens is 1. The third-order valence-corrected chi connectivity index (χ3v) is 3.77. The Bertz CT molecular complexity index is 818. The second-order valence-electron chi connectivity index (χ2n) is 6.07. The first-order valence-electron chi connectivity index (χ1n) is 7.17. The van der Waals surface area contributed by atoms with Gasteiger partial charge in [-0.15, -0.1) is 0 Å². The number of hydrogen-bond donors (Lipinski definition) is 1. The summed E-state index contributed by atoms with van der Waals surface area (Å²) in [4.78, 5) is 4.55. The van der Waals surface area contributed by atoms with Crippen LogP contribution in [0, 0.1) is 5.41 Å². The van der Waals surface area contributed by atoms with E-state index in [1.165, 1.54) is 10.8 Å². The number of aliphatic hydroxyl groups excluding tert-OH is 1. The standard InChI is InChI=1S/C19H19NO/c1-19(2,13-21)11-10-15-6-3-5-14-8-9-16-7-4-12-20-18(16)17(14)15/h3-12,21H,13H2,1-2H3/b11-10+. The Morgan fingerprint density at radius 3 is 2.62 bits per heavy atom. The van der Waals surface area contributed by atoms with Gasteiger partial charge in [0.25, 0.3) is 0 Å². The molecule has 1 N–H and O–H groups in total. The highest BCUT2D eigenvalue weighted by atomic mass is 16.3. The molecule has 106 valence electrons. The molecular formula is C19H19NO. The number of fused-ring (bicyclic) bond motifs is 3. The molecule has 1 aromatic heterocycles. The molecule has 0 saturated carbocycles. The molecule has 1 heterocycles. The molecule has 0 aliphatic rings. The molecule has 3 rings (SSSR count). The first kappa shape index (κ1) is 13.8. The third-order valence-electron chi connectivity index (χ3n) is 3.77. The predicted octanol–water partition coefficient (Wildman–Crippen LogP) is 4.42. The minimum Gasteiger partial charge on any atom is -0.395 e. The highest BCUT2D eigenvalue weighted by molar-refractivity contribution is 6.09. The van der Waals surface area contributed by atoms with Crippen LogP contribution in [0.4, 0.5) is 0 Å². The lowest BCUT2D eigenvalue weighted by Crippen LogP contribution is -2.12. The lowest BCUT2D eigenvalue weighted by Gasteiger charge is -2.16. The number of aliphatic hydroxyl groups is 1. The minimum absolute atomic E-state index is 0.132. The molecule has 2 heteroatoms. The zero-order valence-corrected chi connectivity index (χ0v) is 12.4. The van der Waals surface area contributed by atoms with Crippen molar-refractivity contribution in [3.63, 3.8) is 0 Å². The minimum atomic E-state index is -0.222. The summed E-state index contributed by atoms with van der Waals surface area (Å²) >= 11 is 0. The molecule has 0 aliphatic carbocycles. The van der Waals surface area contributed by atoms with Crippen molar-refractivity contribution in [2.45, 2.75) is 13.8 Å². The van der Waals surface area contributed by atoms with Crippen molar-refractivity contribution in [1.29, 1.82) is 0 Å². The Morgan fingerprint density at radius 1 is 1.05 bits per heavy atom. The number of rotatable bonds is 3. The first-order valence-corrected chi connectivity index (χ1v) is 7.17. The highest BCUT2D eigenvalue weighted by Crippen LogP contribution is 2.28. The molecule has 0 aliphatic heterocycles. The molecule has 0 saturated heterocycles. The Labute approximate surface area is 124 Å². The Hall–Kier alpha value is -2.19. The van der Waals surface area contributed by atoms with Gasteiger partial charge < -0.3 is 5.11 Å². The zero-order valence-electron chi connectivity index (χ0n) is 12.4. The Kier molecular flexibility index (Phi) is 3.48. The summed E-state index contributed by atoms with van der Waals surface area (Å²) in [7, 11) is 0. The average molecular weight is 277 g/mol. The van der Waals surface area contributed by atoms with Gasteiger partial charge in [0.2, 0.25) is 0 Å². The van der Waals surface area contributed by atoms with Crippen LogP contribution in [0.5, 0.6) is 0 Å². The lowest BCUT2D eigenvalue weighted by atomic mass is 9.92. The van der Waals surface area contributed by atoms with Crippen LogP contribution < -0.4 is 0 Å². The van der Waals surface area contributed by atoms with E-state index in [2.05, 4.69) is 53.5 Å². The summed E-state index contributed by atoms with van der Waals surface area (Å²) in [5.74, 6) is 0. The van der Waals surface area contributed by atoms with Gasteiger partial charge in [-0.2, -0.15) is 0 Å². The molecule has 21 heavy (non-hydrogen) atoms. The van der Waals surface area contributed by atoms with E-state index < -0.39 is 0 Å². The van der Waals surface area contributed by atoms with Gasteiger partial charge in [-0.3, -0.25) is 4.98 Å². The van der Waals surface area contributed by atoms with Crippen LogP contribution >= 0.6 is 0 Å². The van der Waals surface area contributed by atoms with Gasteiger partial charge in [0, 0.05) is 22.4 Å². The van der Waals surface area contributed by atoms with Crippen molar-refractivity contribution < 1.29 is 5.11 Å². The van der Waals surface area contributed by atoms with E-state index in [1.54, 1.807) is 0 Å². The fourth-order valence-electron chi connectivity index (χ4n) is 2.45. The molecule has 2 aromatic carbocycles. The molecule has 0 spiro atoms. The SMILES string of the molecule is CC(C)(/C=C/c1cccc2ccc3cccnc3c12)CO. The number of hydrogen-bond acceptors (Lipinski definition) is 2. The normalized spacial score (nSPS) is 12.5. The van der Waals surface area contributed by atoms with E-state index in [9.17, 15) is 5.11 Å². The van der Waals surface area contributed by atoms with Gasteiger partial charge in [0.1, 0.15) is 0 Å². The van der Waals surface area contributed by atoms with Crippen molar-refractivity contribution in [3.8, 4) is 0 Å². The Balaban J connectivity index is 2.25. The van der Waals surface area contributed by atoms with Gasteiger partial charge in [-0.05, 0) is 17.0 Å². The molecule has 0 fully saturated rings. The summed E-state index contributed by atoms with van der Waals surface area (Å²) in [6, 6.07) is 14.5. The lowest BCUT2D eigenvalue weighted by molar-refractivity contribution is 0.200. The second-order valence-corrected chi connectivity index (χ2v) is 6.07. The van der Waals surface area contributed by atoms with E-state index in [-0.39, 0.29) is 12.0 Å². The topological polar surface area (TPSA) is 33.1 Å². The van der Waals surface area contributed by atoms with Gasteiger partial charge >= 0.3 is 0 Å². The number of pyridine rings is 1. The smallest absolute Gasteiger partial charge is 0.0786 e. The monoisotopic (exact) mass is 277 g/mol. The van der Waals surface area contributed by atoms with Crippen LogP contribution in [0.1, 0.15) is 19.4 Å². The van der Waals surface area contributed by atoms with Crippen LogP contribution in [0.25, 0.3) is 27.8 Å². The molecule has 0 radical (unpaired) electrons. The second kappa shape index (κ2) is 5.30. The molecule has 3 aromatic rings. The van der Waals surface area contributed by atoms with Gasteiger partial charge in [0.15, 0.2) is 0 Å². The van der Waals surface area contributed by atoms with Gasteiger partial charge in [0.05, 0.1) is 12.1 Å². The largest absolute Gasteiger partial charge is 0.395 e. The summed E-state index contributed by atoms with van der Waals surface area (Å²) in [6.07, 6.45) is 5.98. The third kappa shape index (κ3) is 2.67. The molecule has 0 unspecified atom stereocenters. The summed E-state index contributed by atoms with van der Waals surface area (Å²) in [5, 5.41) is 12.9. The van der Waals surface area contributed by atoms with Crippen LogP contribution in [0.15, 0.2) is 54.7 Å². The molecule has 0 atom stereocenters. The summed E-state index contributed by atoms with van der Waals surface area (Å²) in [6.45, 7) is 4.17. The maximum atomic E-state index is 9.39. The van der Waals surface area contributed by atoms with Crippen LogP contribution in [0.3, 0.4) is 0 Å². The molecule has 2 nitrogen and oxygen atoms in total. The summed E-state index contributed by atoms with van der Waals surface area (Å²) < 4.78 is 0. The maximum absolute atomic E-state index is 9.39. The van der Waals surface area contributed by atoms with Gasteiger partial charge in [-0.1, -0.05) is 62.4 Å². The zero-order chi connectivity index (χ0) is 14.9. The van der Waals surface area contributed by atoms with Crippen LogP contribution in [-0.4, -0.2) is 16.7 Å². The van der Waals surface area contributed by atoms with Crippen molar-refractivity contribution in [2.24, 2.45) is 5.41 Å². The Morgan fingerprint density at radius 2 is 1.81 bits per heavy atom. The summed E-state index contributed by atoms with van der Waals surface area (Å²) in [5.41, 5.74) is 1.94. The van der Waals surface area contributed by atoms with Crippen LogP contribution in [-0.2, 0) is 0 Å². The van der Waals surface area contributed by atoms with Crippen molar-refractivity contribution in [2.75, 3.05) is 6.61 Å². The van der Waals surface area contributed by atoms with E-state index in [1.807, 2.05) is 26.1 Å². The van der Waals surface area contributed by atoms with Crippen molar-refractivity contribution in [3.05, 3.63) is 60.3 Å². The quantitative estimate of drug-likeness (QED) is 0.719. The number of benzene rings is 2. The van der Waals surface area contributed by atoms with Gasteiger partial charge in [-0.25, -0.2) is 0 Å². The van der Waals surface area contributed by atoms with Crippen molar-refractivity contribution in [1.82, 2.24) is 4.98 Å². The number of nitrogens with zero attached hydrogens (tertiary/aromatic N) is 1.